The van der Waals surface area contributed by atoms with Gasteiger partial charge < -0.3 is 19.9 Å². The minimum Gasteiger partial charge on any atom is -0.378 e. The second kappa shape index (κ2) is 6.70. The number of para-hydroxylation sites is 1. The van der Waals surface area contributed by atoms with E-state index in [1.54, 1.807) is 0 Å². The van der Waals surface area contributed by atoms with E-state index >= 15 is 0 Å². The highest BCUT2D eigenvalue weighted by atomic mass is 16.5. The first-order valence-corrected chi connectivity index (χ1v) is 9.35. The maximum absolute atomic E-state index is 5.50. The van der Waals surface area contributed by atoms with Gasteiger partial charge in [0.05, 0.1) is 18.9 Å². The van der Waals surface area contributed by atoms with Gasteiger partial charge in [0, 0.05) is 55.3 Å². The standard InChI is InChI=1S/C20H23N5O/c1-2-4-17-15(3-1)14(11-22-17)5-6-19-23-18-13-21-12-16(18)20(24-19)25-7-9-26-10-8-25/h1-4,11,21-22H,5-10,12-13H2. The number of ether oxygens (including phenoxy) is 1. The molecule has 1 fully saturated rings. The predicted molar refractivity (Wildman–Crippen MR) is 101 cm³/mol. The number of hydrogen-bond acceptors (Lipinski definition) is 5. The third-order valence-corrected chi connectivity index (χ3v) is 5.31. The molecule has 0 atom stereocenters. The number of H-pyrrole nitrogens is 1. The van der Waals surface area contributed by atoms with Crippen molar-refractivity contribution >= 4 is 16.7 Å². The van der Waals surface area contributed by atoms with Gasteiger partial charge in [-0.2, -0.15) is 0 Å². The Bertz CT molecular complexity index is 929. The van der Waals surface area contributed by atoms with Crippen molar-refractivity contribution in [1.29, 1.82) is 0 Å². The first-order valence-electron chi connectivity index (χ1n) is 9.35. The van der Waals surface area contributed by atoms with Crippen molar-refractivity contribution in [3.8, 4) is 0 Å². The van der Waals surface area contributed by atoms with Gasteiger partial charge in [0.15, 0.2) is 0 Å². The summed E-state index contributed by atoms with van der Waals surface area (Å²) in [6.45, 7) is 5.07. The summed E-state index contributed by atoms with van der Waals surface area (Å²) < 4.78 is 5.50. The van der Waals surface area contributed by atoms with Crippen LogP contribution in [0.1, 0.15) is 22.6 Å². The lowest BCUT2D eigenvalue weighted by atomic mass is 10.1. The Morgan fingerprint density at radius 2 is 1.92 bits per heavy atom. The molecule has 0 aliphatic carbocycles. The van der Waals surface area contributed by atoms with E-state index in [4.69, 9.17) is 14.7 Å². The maximum atomic E-state index is 5.50. The number of hydrogen-bond donors (Lipinski definition) is 2. The molecule has 0 radical (unpaired) electrons. The smallest absolute Gasteiger partial charge is 0.137 e. The SMILES string of the molecule is c1ccc2c(CCc3nc4c(c(N5CCOCC5)n3)CNC4)c[nH]c2c1. The van der Waals surface area contributed by atoms with E-state index < -0.39 is 0 Å². The van der Waals surface area contributed by atoms with Crippen LogP contribution in [0.25, 0.3) is 10.9 Å². The molecule has 2 aliphatic heterocycles. The molecule has 4 heterocycles. The van der Waals surface area contributed by atoms with E-state index in [1.807, 2.05) is 0 Å². The molecule has 0 spiro atoms. The molecule has 6 heteroatoms. The zero-order chi connectivity index (χ0) is 17.3. The molecule has 6 nitrogen and oxygen atoms in total. The van der Waals surface area contributed by atoms with Gasteiger partial charge in [-0.05, 0) is 18.1 Å². The summed E-state index contributed by atoms with van der Waals surface area (Å²) >= 11 is 0. The molecule has 3 aromatic rings. The van der Waals surface area contributed by atoms with Crippen LogP contribution in [0, 0.1) is 0 Å². The third kappa shape index (κ3) is 2.85. The second-order valence-corrected chi connectivity index (χ2v) is 6.95. The lowest BCUT2D eigenvalue weighted by molar-refractivity contribution is 0.122. The van der Waals surface area contributed by atoms with E-state index in [0.29, 0.717) is 0 Å². The Balaban J connectivity index is 1.42. The number of nitrogens with one attached hydrogen (secondary N) is 2. The largest absolute Gasteiger partial charge is 0.378 e. The van der Waals surface area contributed by atoms with Crippen molar-refractivity contribution in [3.05, 3.63) is 53.1 Å². The van der Waals surface area contributed by atoms with Crippen molar-refractivity contribution < 1.29 is 4.74 Å². The lowest BCUT2D eigenvalue weighted by Crippen LogP contribution is -2.37. The number of rotatable bonds is 4. The molecule has 2 aliphatic rings. The average molecular weight is 349 g/mol. The lowest BCUT2D eigenvalue weighted by Gasteiger charge is -2.29. The zero-order valence-electron chi connectivity index (χ0n) is 14.8. The summed E-state index contributed by atoms with van der Waals surface area (Å²) in [7, 11) is 0. The molecule has 0 bridgehead atoms. The topological polar surface area (TPSA) is 66.1 Å². The van der Waals surface area contributed by atoms with Gasteiger partial charge >= 0.3 is 0 Å². The van der Waals surface area contributed by atoms with Crippen LogP contribution < -0.4 is 10.2 Å². The highest BCUT2D eigenvalue weighted by molar-refractivity contribution is 5.83. The van der Waals surface area contributed by atoms with Gasteiger partial charge in [-0.1, -0.05) is 18.2 Å². The molecule has 1 aromatic carbocycles. The van der Waals surface area contributed by atoms with E-state index in [9.17, 15) is 0 Å². The fraction of sp³-hybridized carbons (Fsp3) is 0.400. The van der Waals surface area contributed by atoms with Crippen molar-refractivity contribution in [1.82, 2.24) is 20.3 Å². The van der Waals surface area contributed by atoms with E-state index in [0.717, 1.165) is 69.6 Å². The molecule has 0 amide bonds. The van der Waals surface area contributed by atoms with Crippen molar-refractivity contribution in [3.63, 3.8) is 0 Å². The normalized spacial score (nSPS) is 17.0. The first-order chi connectivity index (χ1) is 12.9. The number of anilines is 1. The van der Waals surface area contributed by atoms with Gasteiger partial charge in [-0.15, -0.1) is 0 Å². The highest BCUT2D eigenvalue weighted by Gasteiger charge is 2.24. The molecular weight excluding hydrogens is 326 g/mol. The summed E-state index contributed by atoms with van der Waals surface area (Å²) in [5, 5.41) is 4.72. The van der Waals surface area contributed by atoms with Crippen molar-refractivity contribution in [2.24, 2.45) is 0 Å². The summed E-state index contributed by atoms with van der Waals surface area (Å²) in [6.07, 6.45) is 3.91. The zero-order valence-corrected chi connectivity index (χ0v) is 14.8. The molecule has 2 N–H and O–H groups in total. The van der Waals surface area contributed by atoms with E-state index in [-0.39, 0.29) is 0 Å². The molecule has 1 saturated heterocycles. The van der Waals surface area contributed by atoms with Crippen molar-refractivity contribution in [2.75, 3.05) is 31.2 Å². The molecule has 26 heavy (non-hydrogen) atoms. The average Bonchev–Trinajstić information content (AvgIpc) is 3.33. The van der Waals surface area contributed by atoms with Crippen molar-refractivity contribution in [2.45, 2.75) is 25.9 Å². The summed E-state index contributed by atoms with van der Waals surface area (Å²) in [5.74, 6) is 2.05. The fourth-order valence-corrected chi connectivity index (χ4v) is 3.93. The summed E-state index contributed by atoms with van der Waals surface area (Å²) in [6, 6.07) is 8.45. The van der Waals surface area contributed by atoms with Crippen LogP contribution in [0.3, 0.4) is 0 Å². The number of morpholine rings is 1. The number of aromatic nitrogens is 3. The van der Waals surface area contributed by atoms with Gasteiger partial charge in [0.2, 0.25) is 0 Å². The highest BCUT2D eigenvalue weighted by Crippen LogP contribution is 2.26. The van der Waals surface area contributed by atoms with Gasteiger partial charge in [-0.3, -0.25) is 0 Å². The quantitative estimate of drug-likeness (QED) is 0.756. The molecule has 0 saturated carbocycles. The van der Waals surface area contributed by atoms with Crippen LogP contribution >= 0.6 is 0 Å². The number of fused-ring (bicyclic) bond motifs is 2. The maximum Gasteiger partial charge on any atom is 0.137 e. The van der Waals surface area contributed by atoms with Crippen LogP contribution in [-0.4, -0.2) is 41.3 Å². The molecule has 2 aromatic heterocycles. The Morgan fingerprint density at radius 1 is 1.04 bits per heavy atom. The van der Waals surface area contributed by atoms with Crippen LogP contribution in [0.15, 0.2) is 30.5 Å². The van der Waals surface area contributed by atoms with E-state index in [1.165, 1.54) is 22.0 Å². The monoisotopic (exact) mass is 349 g/mol. The van der Waals surface area contributed by atoms with Crippen LogP contribution in [0.5, 0.6) is 0 Å². The number of benzene rings is 1. The predicted octanol–water partition coefficient (Wildman–Crippen LogP) is 2.18. The first kappa shape index (κ1) is 15.8. The summed E-state index contributed by atoms with van der Waals surface area (Å²) in [5.41, 5.74) is 4.95. The number of aryl methyl sites for hydroxylation is 2. The minimum atomic E-state index is 0.775. The Morgan fingerprint density at radius 3 is 2.85 bits per heavy atom. The van der Waals surface area contributed by atoms with E-state index in [2.05, 4.69) is 45.7 Å². The Labute approximate surface area is 152 Å². The number of aromatic amines is 1. The molecule has 5 rings (SSSR count). The molecule has 0 unspecified atom stereocenters. The Hall–Kier alpha value is -2.44. The van der Waals surface area contributed by atoms with Gasteiger partial charge in [-0.25, -0.2) is 9.97 Å². The van der Waals surface area contributed by atoms with Crippen LogP contribution in [0.2, 0.25) is 0 Å². The van der Waals surface area contributed by atoms with Crippen LogP contribution in [-0.2, 0) is 30.7 Å². The molecular formula is C20H23N5O. The third-order valence-electron chi connectivity index (χ3n) is 5.31. The summed E-state index contributed by atoms with van der Waals surface area (Å²) in [4.78, 5) is 15.5. The fourth-order valence-electron chi connectivity index (χ4n) is 3.93. The van der Waals surface area contributed by atoms with Crippen LogP contribution in [0.4, 0.5) is 5.82 Å². The van der Waals surface area contributed by atoms with Gasteiger partial charge in [0.1, 0.15) is 11.6 Å². The minimum absolute atomic E-state index is 0.775. The molecule has 134 valence electrons. The number of nitrogens with zero attached hydrogens (tertiary/aromatic N) is 3. The second-order valence-electron chi connectivity index (χ2n) is 6.95. The van der Waals surface area contributed by atoms with Gasteiger partial charge in [0.25, 0.3) is 0 Å². The Kier molecular flexibility index (Phi) is 4.07.